The summed E-state index contributed by atoms with van der Waals surface area (Å²) in [5.74, 6) is -3.61. The minimum Gasteiger partial charge on any atom is -0.467 e. The van der Waals surface area contributed by atoms with Gasteiger partial charge in [-0.1, -0.05) is 0 Å². The highest BCUT2D eigenvalue weighted by atomic mass is 16.6. The van der Waals surface area contributed by atoms with Crippen molar-refractivity contribution in [1.82, 2.24) is 0 Å². The molecule has 0 heterocycles. The zero-order valence-electron chi connectivity index (χ0n) is 9.44. The largest absolute Gasteiger partial charge is 0.467 e. The second kappa shape index (κ2) is 6.06. The van der Waals surface area contributed by atoms with E-state index in [2.05, 4.69) is 14.2 Å². The third-order valence-electron chi connectivity index (χ3n) is 1.70. The third kappa shape index (κ3) is 2.69. The number of esters is 3. The van der Waals surface area contributed by atoms with Gasteiger partial charge in [-0.2, -0.15) is 0 Å². The van der Waals surface area contributed by atoms with E-state index in [0.717, 1.165) is 7.11 Å². The molecule has 2 N–H and O–H groups in total. The molecule has 0 fully saturated rings. The molecule has 7 heteroatoms. The maximum absolute atomic E-state index is 11.4. The van der Waals surface area contributed by atoms with Crippen LogP contribution in [-0.4, -0.2) is 43.8 Å². The first-order chi connectivity index (χ1) is 7.44. The highest BCUT2D eigenvalue weighted by molar-refractivity contribution is 6.23. The fraction of sp³-hybridized carbons (Fsp3) is 0.667. The average Bonchev–Trinajstić information content (AvgIpc) is 2.27. The summed E-state index contributed by atoms with van der Waals surface area (Å²) >= 11 is 0. The Morgan fingerprint density at radius 1 is 1.00 bits per heavy atom. The fourth-order valence-corrected chi connectivity index (χ4v) is 0.901. The van der Waals surface area contributed by atoms with Crippen LogP contribution in [0.1, 0.15) is 13.8 Å². The topological polar surface area (TPSA) is 105 Å². The number of ether oxygens (including phenoxy) is 3. The van der Waals surface area contributed by atoms with Crippen LogP contribution < -0.4 is 5.73 Å². The minimum atomic E-state index is -2.55. The summed E-state index contributed by atoms with van der Waals surface area (Å²) in [5.41, 5.74) is 2.83. The SMILES string of the molecule is CCOC(=O)C(N)(C(=O)OC)C(=O)OCC. The predicted molar refractivity (Wildman–Crippen MR) is 52.2 cm³/mol. The number of carbonyl (C=O) groups is 3. The number of rotatable bonds is 5. The Kier molecular flexibility index (Phi) is 5.44. The quantitative estimate of drug-likeness (QED) is 0.368. The van der Waals surface area contributed by atoms with Gasteiger partial charge in [0.2, 0.25) is 0 Å². The van der Waals surface area contributed by atoms with Crippen molar-refractivity contribution in [3.8, 4) is 0 Å². The van der Waals surface area contributed by atoms with Crippen LogP contribution in [0.5, 0.6) is 0 Å². The zero-order valence-corrected chi connectivity index (χ0v) is 9.44. The Morgan fingerprint density at radius 2 is 1.38 bits per heavy atom. The molecular formula is C9H15NO6. The van der Waals surface area contributed by atoms with Crippen LogP contribution >= 0.6 is 0 Å². The van der Waals surface area contributed by atoms with Crippen molar-refractivity contribution in [3.05, 3.63) is 0 Å². The van der Waals surface area contributed by atoms with Crippen LogP contribution in [0.3, 0.4) is 0 Å². The van der Waals surface area contributed by atoms with Crippen LogP contribution in [0.15, 0.2) is 0 Å². The highest BCUT2D eigenvalue weighted by Gasteiger charge is 2.54. The van der Waals surface area contributed by atoms with Crippen molar-refractivity contribution in [2.75, 3.05) is 20.3 Å². The van der Waals surface area contributed by atoms with E-state index < -0.39 is 23.4 Å². The van der Waals surface area contributed by atoms with Crippen LogP contribution in [0.25, 0.3) is 0 Å². The Bertz CT molecular complexity index is 270. The van der Waals surface area contributed by atoms with Crippen LogP contribution in [0.4, 0.5) is 0 Å². The van der Waals surface area contributed by atoms with Crippen molar-refractivity contribution in [2.24, 2.45) is 5.73 Å². The second-order valence-electron chi connectivity index (χ2n) is 2.74. The molecular weight excluding hydrogens is 218 g/mol. The molecule has 16 heavy (non-hydrogen) atoms. The van der Waals surface area contributed by atoms with E-state index in [0.29, 0.717) is 0 Å². The lowest BCUT2D eigenvalue weighted by molar-refractivity contribution is -0.173. The molecule has 0 saturated heterocycles. The molecule has 0 spiro atoms. The van der Waals surface area contributed by atoms with E-state index in [1.54, 1.807) is 0 Å². The number of carbonyl (C=O) groups excluding carboxylic acids is 3. The van der Waals surface area contributed by atoms with Crippen molar-refractivity contribution < 1.29 is 28.6 Å². The molecule has 0 rings (SSSR count). The lowest BCUT2D eigenvalue weighted by Gasteiger charge is -2.21. The van der Waals surface area contributed by atoms with Crippen molar-refractivity contribution in [1.29, 1.82) is 0 Å². The van der Waals surface area contributed by atoms with Gasteiger partial charge in [0.15, 0.2) is 0 Å². The number of hydrogen-bond donors (Lipinski definition) is 1. The van der Waals surface area contributed by atoms with Crippen LogP contribution in [0, 0.1) is 0 Å². The molecule has 92 valence electrons. The van der Waals surface area contributed by atoms with Gasteiger partial charge in [-0.15, -0.1) is 0 Å². The van der Waals surface area contributed by atoms with E-state index in [4.69, 9.17) is 5.73 Å². The smallest absolute Gasteiger partial charge is 0.349 e. The molecule has 0 aromatic heterocycles. The standard InChI is InChI=1S/C9H15NO6/c1-4-15-7(12)9(10,6(11)14-3)8(13)16-5-2/h4-5,10H2,1-3H3. The summed E-state index contributed by atoms with van der Waals surface area (Å²) < 4.78 is 13.3. The van der Waals surface area contributed by atoms with Crippen molar-refractivity contribution in [3.63, 3.8) is 0 Å². The molecule has 0 aliphatic rings. The van der Waals surface area contributed by atoms with Crippen LogP contribution in [-0.2, 0) is 28.6 Å². The first-order valence-corrected chi connectivity index (χ1v) is 4.66. The predicted octanol–water partition coefficient (Wildman–Crippen LogP) is -1.02. The highest BCUT2D eigenvalue weighted by Crippen LogP contribution is 2.09. The van der Waals surface area contributed by atoms with Crippen molar-refractivity contribution >= 4 is 17.9 Å². The maximum Gasteiger partial charge on any atom is 0.349 e. The Balaban J connectivity index is 5.10. The molecule has 0 atom stereocenters. The lowest BCUT2D eigenvalue weighted by Crippen LogP contribution is -2.62. The van der Waals surface area contributed by atoms with E-state index >= 15 is 0 Å². The van der Waals surface area contributed by atoms with Crippen molar-refractivity contribution in [2.45, 2.75) is 19.4 Å². The molecule has 0 aliphatic carbocycles. The van der Waals surface area contributed by atoms with Gasteiger partial charge >= 0.3 is 23.4 Å². The molecule has 0 aromatic rings. The maximum atomic E-state index is 11.4. The third-order valence-corrected chi connectivity index (χ3v) is 1.70. The summed E-state index contributed by atoms with van der Waals surface area (Å²) in [7, 11) is 1.00. The average molecular weight is 233 g/mol. The van der Waals surface area contributed by atoms with E-state index in [1.807, 2.05) is 0 Å². The van der Waals surface area contributed by atoms with Gasteiger partial charge in [0.1, 0.15) is 0 Å². The van der Waals surface area contributed by atoms with Gasteiger partial charge in [-0.25, -0.2) is 14.4 Å². The summed E-state index contributed by atoms with van der Waals surface area (Å²) in [4.78, 5) is 34.2. The normalized spacial score (nSPS) is 10.5. The molecule has 0 aromatic carbocycles. The number of nitrogens with two attached hydrogens (primary N) is 1. The molecule has 0 amide bonds. The molecule has 7 nitrogen and oxygen atoms in total. The van der Waals surface area contributed by atoms with Gasteiger partial charge in [0, 0.05) is 0 Å². The van der Waals surface area contributed by atoms with E-state index in [-0.39, 0.29) is 13.2 Å². The van der Waals surface area contributed by atoms with Gasteiger partial charge in [0.25, 0.3) is 0 Å². The zero-order chi connectivity index (χ0) is 12.8. The lowest BCUT2D eigenvalue weighted by atomic mass is 10.0. The molecule has 0 unspecified atom stereocenters. The van der Waals surface area contributed by atoms with Gasteiger partial charge in [0.05, 0.1) is 20.3 Å². The fourth-order valence-electron chi connectivity index (χ4n) is 0.901. The first kappa shape index (κ1) is 14.4. The summed E-state index contributed by atoms with van der Waals surface area (Å²) in [5, 5.41) is 0. The summed E-state index contributed by atoms with van der Waals surface area (Å²) in [6, 6.07) is 0. The van der Waals surface area contributed by atoms with E-state index in [9.17, 15) is 14.4 Å². The summed E-state index contributed by atoms with van der Waals surface area (Å²) in [6.45, 7) is 2.99. The van der Waals surface area contributed by atoms with Gasteiger partial charge < -0.3 is 14.2 Å². The Morgan fingerprint density at radius 3 is 1.62 bits per heavy atom. The van der Waals surface area contributed by atoms with Crippen LogP contribution in [0.2, 0.25) is 0 Å². The molecule has 0 saturated carbocycles. The Hall–Kier alpha value is -1.63. The molecule has 0 aliphatic heterocycles. The molecule has 0 radical (unpaired) electrons. The molecule has 0 bridgehead atoms. The van der Waals surface area contributed by atoms with E-state index in [1.165, 1.54) is 13.8 Å². The first-order valence-electron chi connectivity index (χ1n) is 4.66. The Labute approximate surface area is 92.8 Å². The summed E-state index contributed by atoms with van der Waals surface area (Å²) in [6.07, 6.45) is 0. The van der Waals surface area contributed by atoms with Gasteiger partial charge in [-0.3, -0.25) is 5.73 Å². The second-order valence-corrected chi connectivity index (χ2v) is 2.74. The minimum absolute atomic E-state index is 0.0197. The number of methoxy groups -OCH3 is 1. The monoisotopic (exact) mass is 233 g/mol. The number of hydrogen-bond acceptors (Lipinski definition) is 7. The van der Waals surface area contributed by atoms with Gasteiger partial charge in [-0.05, 0) is 13.8 Å².